The molecule has 0 bridgehead atoms. The van der Waals surface area contributed by atoms with Gasteiger partial charge >= 0.3 is 0 Å². The first-order chi connectivity index (χ1) is 3.65. The van der Waals surface area contributed by atoms with Crippen LogP contribution in [0.15, 0.2) is 0 Å². The number of nitrogens with two attached hydrogens (primary N) is 1. The topological polar surface area (TPSA) is 26.0 Å². The quantitative estimate of drug-likeness (QED) is 0.578. The Bertz CT molecular complexity index is 92.0. The van der Waals surface area contributed by atoms with Crippen LogP contribution in [-0.2, 0) is 0 Å². The van der Waals surface area contributed by atoms with Crippen LogP contribution in [0.1, 0.15) is 0 Å². The molecule has 0 radical (unpaired) electrons. The van der Waals surface area contributed by atoms with Gasteiger partial charge in [-0.05, 0) is 0 Å². The molecule has 8 heavy (non-hydrogen) atoms. The smallest absolute Gasteiger partial charge is 0.257 e. The summed E-state index contributed by atoms with van der Waals surface area (Å²) in [6, 6.07) is 0. The first-order valence-corrected chi connectivity index (χ1v) is 3.45. The van der Waals surface area contributed by atoms with Crippen molar-refractivity contribution in [1.82, 2.24) is 0 Å². The Morgan fingerprint density at radius 1 is 1.50 bits per heavy atom. The highest BCUT2D eigenvalue weighted by Crippen LogP contribution is 2.31. The van der Waals surface area contributed by atoms with Crippen molar-refractivity contribution in [2.24, 2.45) is 5.73 Å². The van der Waals surface area contributed by atoms with Crippen LogP contribution in [0.2, 0.25) is 0 Å². The zero-order valence-electron chi connectivity index (χ0n) is 4.23. The molecule has 2 N–H and O–H groups in total. The maximum atomic E-state index is 11.7. The first kappa shape index (κ1) is 6.29. The number of alkyl halides is 2. The third-order valence-corrected chi connectivity index (χ3v) is 2.66. The summed E-state index contributed by atoms with van der Waals surface area (Å²) < 4.78 is 23.5. The Kier molecular flexibility index (Phi) is 1.45. The van der Waals surface area contributed by atoms with Gasteiger partial charge < -0.3 is 5.73 Å². The molecule has 1 saturated heterocycles. The third-order valence-electron chi connectivity index (χ3n) is 1.18. The summed E-state index contributed by atoms with van der Waals surface area (Å²) in [6.07, 6.45) is -2.34. The van der Waals surface area contributed by atoms with E-state index in [1.165, 1.54) is 11.8 Å². The average molecular weight is 139 g/mol. The molecule has 0 spiro atoms. The van der Waals surface area contributed by atoms with Gasteiger partial charge in [-0.25, -0.2) is 8.78 Å². The van der Waals surface area contributed by atoms with Crippen molar-refractivity contribution in [3.63, 3.8) is 0 Å². The van der Waals surface area contributed by atoms with E-state index in [2.05, 4.69) is 0 Å². The van der Waals surface area contributed by atoms with Gasteiger partial charge in [0.05, 0.1) is 5.54 Å². The minimum absolute atomic E-state index is 0.407. The largest absolute Gasteiger partial charge is 0.319 e. The normalized spacial score (nSPS) is 25.5. The Morgan fingerprint density at radius 3 is 2.00 bits per heavy atom. The predicted molar refractivity (Wildman–Crippen MR) is 30.2 cm³/mol. The molecule has 0 atom stereocenters. The molecule has 1 heterocycles. The van der Waals surface area contributed by atoms with E-state index in [-0.39, 0.29) is 0 Å². The van der Waals surface area contributed by atoms with E-state index in [9.17, 15) is 8.78 Å². The molecule has 0 unspecified atom stereocenters. The van der Waals surface area contributed by atoms with Gasteiger partial charge in [0, 0.05) is 11.5 Å². The number of rotatable bonds is 1. The van der Waals surface area contributed by atoms with Crippen LogP contribution >= 0.6 is 11.8 Å². The molecule has 1 nitrogen and oxygen atoms in total. The highest BCUT2D eigenvalue weighted by molar-refractivity contribution is 8.00. The van der Waals surface area contributed by atoms with Crippen LogP contribution in [0.25, 0.3) is 0 Å². The SMILES string of the molecule is NC1(C(F)F)CSC1. The molecule has 0 aromatic carbocycles. The molecule has 1 rings (SSSR count). The lowest BCUT2D eigenvalue weighted by atomic mass is 10.1. The minimum Gasteiger partial charge on any atom is -0.319 e. The molecule has 0 aromatic heterocycles. The van der Waals surface area contributed by atoms with Crippen molar-refractivity contribution < 1.29 is 8.78 Å². The molecule has 48 valence electrons. The monoisotopic (exact) mass is 139 g/mol. The Labute approximate surface area is 50.6 Å². The lowest BCUT2D eigenvalue weighted by Gasteiger charge is -2.35. The van der Waals surface area contributed by atoms with Gasteiger partial charge in [0.15, 0.2) is 0 Å². The van der Waals surface area contributed by atoms with Crippen LogP contribution < -0.4 is 5.73 Å². The number of hydrogen-bond donors (Lipinski definition) is 1. The third kappa shape index (κ3) is 0.821. The van der Waals surface area contributed by atoms with Crippen molar-refractivity contribution in [2.75, 3.05) is 11.5 Å². The number of thioether (sulfide) groups is 1. The van der Waals surface area contributed by atoms with Crippen molar-refractivity contribution >= 4 is 11.8 Å². The lowest BCUT2D eigenvalue weighted by molar-refractivity contribution is 0.0732. The molecule has 1 aliphatic rings. The fourth-order valence-corrected chi connectivity index (χ4v) is 1.39. The maximum Gasteiger partial charge on any atom is 0.257 e. The van der Waals surface area contributed by atoms with Gasteiger partial charge in [0.1, 0.15) is 0 Å². The zero-order chi connectivity index (χ0) is 6.20. The van der Waals surface area contributed by atoms with E-state index in [0.717, 1.165) is 0 Å². The van der Waals surface area contributed by atoms with Gasteiger partial charge in [-0.3, -0.25) is 0 Å². The second-order valence-electron chi connectivity index (χ2n) is 2.03. The van der Waals surface area contributed by atoms with Crippen LogP contribution in [-0.4, -0.2) is 23.5 Å². The molecule has 0 amide bonds. The molecule has 1 fully saturated rings. The van der Waals surface area contributed by atoms with Gasteiger partial charge in [0.2, 0.25) is 0 Å². The molecule has 1 aliphatic heterocycles. The van der Waals surface area contributed by atoms with Crippen LogP contribution in [0.3, 0.4) is 0 Å². The van der Waals surface area contributed by atoms with Gasteiger partial charge in [-0.1, -0.05) is 0 Å². The summed E-state index contributed by atoms with van der Waals surface area (Å²) in [5.74, 6) is 0.815. The number of halogens is 2. The van der Waals surface area contributed by atoms with Crippen molar-refractivity contribution in [1.29, 1.82) is 0 Å². The second kappa shape index (κ2) is 1.84. The zero-order valence-corrected chi connectivity index (χ0v) is 5.05. The van der Waals surface area contributed by atoms with E-state index in [0.29, 0.717) is 11.5 Å². The summed E-state index contributed by atoms with van der Waals surface area (Å²) >= 11 is 1.47. The fraction of sp³-hybridized carbons (Fsp3) is 1.00. The van der Waals surface area contributed by atoms with Crippen molar-refractivity contribution in [3.8, 4) is 0 Å². The maximum absolute atomic E-state index is 11.7. The number of hydrogen-bond acceptors (Lipinski definition) is 2. The summed E-state index contributed by atoms with van der Waals surface area (Å²) in [7, 11) is 0. The molecule has 0 saturated carbocycles. The Balaban J connectivity index is 2.41. The van der Waals surface area contributed by atoms with Gasteiger partial charge in [-0.15, -0.1) is 0 Å². The van der Waals surface area contributed by atoms with E-state index < -0.39 is 12.0 Å². The Hall–Kier alpha value is 0.170. The lowest BCUT2D eigenvalue weighted by Crippen LogP contribution is -2.57. The summed E-state index contributed by atoms with van der Waals surface area (Å²) in [5.41, 5.74) is 4.03. The van der Waals surface area contributed by atoms with E-state index in [1.807, 2.05) is 0 Å². The van der Waals surface area contributed by atoms with E-state index >= 15 is 0 Å². The predicted octanol–water partition coefficient (Wildman–Crippen LogP) is 0.696. The highest BCUT2D eigenvalue weighted by atomic mass is 32.2. The molecule has 0 aliphatic carbocycles. The molecule has 0 aromatic rings. The molecular weight excluding hydrogens is 132 g/mol. The summed E-state index contributed by atoms with van der Waals surface area (Å²) in [5, 5.41) is 0. The van der Waals surface area contributed by atoms with Gasteiger partial charge in [-0.2, -0.15) is 11.8 Å². The summed E-state index contributed by atoms with van der Waals surface area (Å²) in [6.45, 7) is 0. The van der Waals surface area contributed by atoms with Crippen LogP contribution in [0, 0.1) is 0 Å². The second-order valence-corrected chi connectivity index (χ2v) is 3.01. The minimum atomic E-state index is -2.34. The van der Waals surface area contributed by atoms with Crippen molar-refractivity contribution in [3.05, 3.63) is 0 Å². The average Bonchev–Trinajstić information content (AvgIpc) is 1.60. The van der Waals surface area contributed by atoms with Crippen LogP contribution in [0.4, 0.5) is 8.78 Å². The molecule has 4 heteroatoms. The standard InChI is InChI=1S/C4H7F2NS/c5-3(6)4(7)1-8-2-4/h3H,1-2,7H2. The van der Waals surface area contributed by atoms with E-state index in [4.69, 9.17) is 5.73 Å². The molecular formula is C4H7F2NS. The Morgan fingerprint density at radius 2 is 2.00 bits per heavy atom. The first-order valence-electron chi connectivity index (χ1n) is 2.30. The summed E-state index contributed by atoms with van der Waals surface area (Å²) in [4.78, 5) is 0. The van der Waals surface area contributed by atoms with Crippen molar-refractivity contribution in [2.45, 2.75) is 12.0 Å². The van der Waals surface area contributed by atoms with E-state index in [1.54, 1.807) is 0 Å². The van der Waals surface area contributed by atoms with Crippen LogP contribution in [0.5, 0.6) is 0 Å². The fourth-order valence-electron chi connectivity index (χ4n) is 0.464. The highest BCUT2D eigenvalue weighted by Gasteiger charge is 2.42. The van der Waals surface area contributed by atoms with Gasteiger partial charge in [0.25, 0.3) is 6.43 Å².